The molecule has 9 heteroatoms. The molecule has 0 radical (unpaired) electrons. The van der Waals surface area contributed by atoms with Crippen LogP contribution in [-0.2, 0) is 14.3 Å². The monoisotopic (exact) mass is 445 g/mol. The number of methoxy groups -OCH3 is 2. The van der Waals surface area contributed by atoms with Crippen molar-refractivity contribution in [2.24, 2.45) is 0 Å². The topological polar surface area (TPSA) is 79.4 Å². The van der Waals surface area contributed by atoms with Crippen molar-refractivity contribution in [3.8, 4) is 5.75 Å². The number of nitrogens with zero attached hydrogens (tertiary/aromatic N) is 3. The standard InChI is InChI=1S/C22H24ClN3O5/c1-30-11-10-24(22(29)16-4-3-5-17(23)12-16)13-20(27)25-14-21(28)26(15-25)18-6-8-19(31-2)9-7-18/h3-9,12H,10-11,13-15H2,1-2H3. The lowest BCUT2D eigenvalue weighted by atomic mass is 10.2. The van der Waals surface area contributed by atoms with Gasteiger partial charge in [0.25, 0.3) is 5.91 Å². The van der Waals surface area contributed by atoms with Gasteiger partial charge in [0.15, 0.2) is 0 Å². The van der Waals surface area contributed by atoms with E-state index in [4.69, 9.17) is 21.1 Å². The summed E-state index contributed by atoms with van der Waals surface area (Å²) in [5.41, 5.74) is 1.06. The minimum atomic E-state index is -0.328. The largest absolute Gasteiger partial charge is 0.497 e. The Labute approximate surface area is 185 Å². The lowest BCUT2D eigenvalue weighted by Gasteiger charge is -2.25. The van der Waals surface area contributed by atoms with Gasteiger partial charge in [-0.1, -0.05) is 17.7 Å². The van der Waals surface area contributed by atoms with E-state index in [9.17, 15) is 14.4 Å². The molecule has 1 saturated heterocycles. The summed E-state index contributed by atoms with van der Waals surface area (Å²) in [5, 5.41) is 0.434. The van der Waals surface area contributed by atoms with Crippen molar-refractivity contribution in [1.29, 1.82) is 0 Å². The molecule has 1 aliphatic rings. The van der Waals surface area contributed by atoms with E-state index in [1.807, 2.05) is 0 Å². The molecule has 0 aromatic heterocycles. The number of anilines is 1. The summed E-state index contributed by atoms with van der Waals surface area (Å²) in [5.74, 6) is -0.166. The van der Waals surface area contributed by atoms with Gasteiger partial charge in [-0.25, -0.2) is 0 Å². The molecule has 3 rings (SSSR count). The zero-order valence-corrected chi connectivity index (χ0v) is 18.2. The number of hydrogen-bond donors (Lipinski definition) is 0. The van der Waals surface area contributed by atoms with Crippen LogP contribution in [-0.4, -0.2) is 74.7 Å². The summed E-state index contributed by atoms with van der Waals surface area (Å²) in [6.07, 6.45) is 0. The Kier molecular flexibility index (Phi) is 7.49. The first-order valence-corrected chi connectivity index (χ1v) is 10.1. The van der Waals surface area contributed by atoms with Crippen molar-refractivity contribution >= 4 is 35.0 Å². The van der Waals surface area contributed by atoms with E-state index in [-0.39, 0.29) is 50.6 Å². The van der Waals surface area contributed by atoms with E-state index in [0.717, 1.165) is 0 Å². The minimum Gasteiger partial charge on any atom is -0.497 e. The average Bonchev–Trinajstić information content (AvgIpc) is 3.17. The summed E-state index contributed by atoms with van der Waals surface area (Å²) in [7, 11) is 3.09. The molecule has 1 fully saturated rings. The summed E-state index contributed by atoms with van der Waals surface area (Å²) >= 11 is 6.00. The van der Waals surface area contributed by atoms with Crippen LogP contribution in [0.5, 0.6) is 5.75 Å². The third kappa shape index (κ3) is 5.53. The number of amides is 3. The van der Waals surface area contributed by atoms with Gasteiger partial charge in [-0.3, -0.25) is 19.3 Å². The predicted octanol–water partition coefficient (Wildman–Crippen LogP) is 2.27. The Morgan fingerprint density at radius 2 is 1.87 bits per heavy atom. The fourth-order valence-corrected chi connectivity index (χ4v) is 3.41. The quantitative estimate of drug-likeness (QED) is 0.622. The second kappa shape index (κ2) is 10.3. The van der Waals surface area contributed by atoms with Gasteiger partial charge in [0, 0.05) is 29.9 Å². The van der Waals surface area contributed by atoms with Crippen molar-refractivity contribution in [3.05, 3.63) is 59.1 Å². The number of rotatable bonds is 8. The zero-order chi connectivity index (χ0) is 22.4. The van der Waals surface area contributed by atoms with Crippen LogP contribution in [0.25, 0.3) is 0 Å². The van der Waals surface area contributed by atoms with Crippen LogP contribution in [0, 0.1) is 0 Å². The van der Waals surface area contributed by atoms with E-state index in [0.29, 0.717) is 22.0 Å². The number of carbonyl (C=O) groups is 3. The van der Waals surface area contributed by atoms with E-state index in [1.165, 1.54) is 21.8 Å². The summed E-state index contributed by atoms with van der Waals surface area (Å²) in [6.45, 7) is 0.411. The molecule has 1 heterocycles. The molecule has 0 aliphatic carbocycles. The fourth-order valence-electron chi connectivity index (χ4n) is 3.22. The first-order chi connectivity index (χ1) is 14.9. The highest BCUT2D eigenvalue weighted by molar-refractivity contribution is 6.31. The zero-order valence-electron chi connectivity index (χ0n) is 17.4. The van der Waals surface area contributed by atoms with E-state index in [2.05, 4.69) is 0 Å². The van der Waals surface area contributed by atoms with Gasteiger partial charge in [-0.2, -0.15) is 0 Å². The molecule has 31 heavy (non-hydrogen) atoms. The summed E-state index contributed by atoms with van der Waals surface area (Å²) < 4.78 is 10.2. The Balaban J connectivity index is 1.69. The highest BCUT2D eigenvalue weighted by Crippen LogP contribution is 2.23. The molecule has 0 unspecified atom stereocenters. The fraction of sp³-hybridized carbons (Fsp3) is 0.318. The van der Waals surface area contributed by atoms with Crippen LogP contribution in [0.1, 0.15) is 10.4 Å². The average molecular weight is 446 g/mol. The maximum absolute atomic E-state index is 12.9. The molecular weight excluding hydrogens is 422 g/mol. The Bertz CT molecular complexity index is 950. The minimum absolute atomic E-state index is 0.0473. The first-order valence-electron chi connectivity index (χ1n) is 9.69. The molecule has 164 valence electrons. The van der Waals surface area contributed by atoms with Crippen molar-refractivity contribution in [2.75, 3.05) is 52.0 Å². The highest BCUT2D eigenvalue weighted by Gasteiger charge is 2.33. The van der Waals surface area contributed by atoms with Crippen LogP contribution in [0.4, 0.5) is 5.69 Å². The second-order valence-corrected chi connectivity index (χ2v) is 7.42. The van der Waals surface area contributed by atoms with Gasteiger partial charge >= 0.3 is 0 Å². The number of ether oxygens (including phenoxy) is 2. The smallest absolute Gasteiger partial charge is 0.254 e. The van der Waals surface area contributed by atoms with Gasteiger partial charge in [0.05, 0.1) is 13.7 Å². The first kappa shape index (κ1) is 22.6. The third-order valence-corrected chi connectivity index (χ3v) is 5.16. The molecule has 8 nitrogen and oxygen atoms in total. The molecule has 0 N–H and O–H groups in total. The molecule has 2 aromatic rings. The Morgan fingerprint density at radius 1 is 1.13 bits per heavy atom. The van der Waals surface area contributed by atoms with Gasteiger partial charge in [-0.05, 0) is 42.5 Å². The molecule has 0 atom stereocenters. The number of benzene rings is 2. The Hall–Kier alpha value is -3.10. The van der Waals surface area contributed by atoms with E-state index < -0.39 is 0 Å². The third-order valence-electron chi connectivity index (χ3n) is 4.93. The van der Waals surface area contributed by atoms with Crippen LogP contribution in [0.15, 0.2) is 48.5 Å². The molecule has 0 spiro atoms. The molecular formula is C22H24ClN3O5. The van der Waals surface area contributed by atoms with Crippen LogP contribution in [0.2, 0.25) is 5.02 Å². The van der Waals surface area contributed by atoms with E-state index in [1.54, 1.807) is 55.6 Å². The summed E-state index contributed by atoms with van der Waals surface area (Å²) in [4.78, 5) is 42.7. The van der Waals surface area contributed by atoms with Gasteiger partial charge in [0.1, 0.15) is 25.5 Å². The lowest BCUT2D eigenvalue weighted by Crippen LogP contribution is -2.44. The maximum atomic E-state index is 12.9. The number of halogens is 1. The van der Waals surface area contributed by atoms with Gasteiger partial charge in [0.2, 0.25) is 11.8 Å². The van der Waals surface area contributed by atoms with Gasteiger partial charge in [-0.15, -0.1) is 0 Å². The molecule has 2 aromatic carbocycles. The predicted molar refractivity (Wildman–Crippen MR) is 116 cm³/mol. The van der Waals surface area contributed by atoms with Crippen LogP contribution >= 0.6 is 11.6 Å². The number of carbonyl (C=O) groups excluding carboxylic acids is 3. The molecule has 0 bridgehead atoms. The van der Waals surface area contributed by atoms with Crippen molar-refractivity contribution in [2.45, 2.75) is 0 Å². The van der Waals surface area contributed by atoms with Crippen molar-refractivity contribution < 1.29 is 23.9 Å². The molecule has 1 aliphatic heterocycles. The normalized spacial score (nSPS) is 13.5. The van der Waals surface area contributed by atoms with E-state index >= 15 is 0 Å². The van der Waals surface area contributed by atoms with Crippen molar-refractivity contribution in [1.82, 2.24) is 9.80 Å². The van der Waals surface area contributed by atoms with Gasteiger partial charge < -0.3 is 19.3 Å². The highest BCUT2D eigenvalue weighted by atomic mass is 35.5. The second-order valence-electron chi connectivity index (χ2n) is 6.98. The summed E-state index contributed by atoms with van der Waals surface area (Å²) in [6, 6.07) is 13.6. The molecule has 3 amide bonds. The maximum Gasteiger partial charge on any atom is 0.254 e. The van der Waals surface area contributed by atoms with Crippen LogP contribution < -0.4 is 9.64 Å². The van der Waals surface area contributed by atoms with Crippen molar-refractivity contribution in [3.63, 3.8) is 0 Å². The van der Waals surface area contributed by atoms with Crippen LogP contribution in [0.3, 0.4) is 0 Å². The SMILES string of the molecule is COCCN(CC(=O)N1CC(=O)N(c2ccc(OC)cc2)C1)C(=O)c1cccc(Cl)c1. The lowest BCUT2D eigenvalue weighted by molar-refractivity contribution is -0.132. The Morgan fingerprint density at radius 3 is 2.52 bits per heavy atom. The number of hydrogen-bond acceptors (Lipinski definition) is 5. The molecule has 0 saturated carbocycles.